The Morgan fingerprint density at radius 2 is 2.35 bits per heavy atom. The molecule has 1 aliphatic rings. The molecule has 0 aromatic heterocycles. The van der Waals surface area contributed by atoms with Gasteiger partial charge in [-0.3, -0.25) is 4.79 Å². The Bertz CT molecular complexity index is 472. The van der Waals surface area contributed by atoms with Crippen LogP contribution in [0, 0.1) is 0 Å². The fourth-order valence-corrected chi connectivity index (χ4v) is 2.02. The zero-order chi connectivity index (χ0) is 12.1. The number of carbonyl (C=O) groups is 1. The molecular weight excluding hydrogens is 210 g/mol. The third-order valence-corrected chi connectivity index (χ3v) is 2.85. The molecule has 1 amide bonds. The summed E-state index contributed by atoms with van der Waals surface area (Å²) in [7, 11) is 0. The van der Waals surface area contributed by atoms with Crippen molar-refractivity contribution in [3.8, 4) is 0 Å². The molecule has 0 radical (unpaired) electrons. The summed E-state index contributed by atoms with van der Waals surface area (Å²) < 4.78 is 0. The molecule has 0 unspecified atom stereocenters. The van der Waals surface area contributed by atoms with Gasteiger partial charge in [0.2, 0.25) is 5.91 Å². The van der Waals surface area contributed by atoms with Gasteiger partial charge in [0.05, 0.1) is 0 Å². The lowest BCUT2D eigenvalue weighted by atomic mass is 10.0. The minimum Gasteiger partial charge on any atom is -0.356 e. The minimum atomic E-state index is 0.0307. The molecule has 88 valence electrons. The van der Waals surface area contributed by atoms with E-state index in [1.54, 1.807) is 6.92 Å². The number of nitrogens with one attached hydrogen (secondary N) is 1. The van der Waals surface area contributed by atoms with E-state index < -0.39 is 0 Å². The zero-order valence-electron chi connectivity index (χ0n) is 10.1. The van der Waals surface area contributed by atoms with Crippen LogP contribution in [0.4, 0.5) is 0 Å². The van der Waals surface area contributed by atoms with Gasteiger partial charge in [0, 0.05) is 13.5 Å². The molecule has 2 nitrogen and oxygen atoms in total. The number of allylic oxidation sites excluding steroid dienone is 1. The van der Waals surface area contributed by atoms with Crippen LogP contribution in [0.15, 0.2) is 30.4 Å². The number of hydrogen-bond acceptors (Lipinski definition) is 1. The maximum absolute atomic E-state index is 10.7. The van der Waals surface area contributed by atoms with Crippen LogP contribution in [0.25, 0.3) is 12.2 Å². The van der Waals surface area contributed by atoms with Crippen molar-refractivity contribution in [1.82, 2.24) is 5.32 Å². The molecule has 2 rings (SSSR count). The van der Waals surface area contributed by atoms with Crippen molar-refractivity contribution in [2.45, 2.75) is 19.8 Å². The molecule has 1 aliphatic carbocycles. The van der Waals surface area contributed by atoms with E-state index in [9.17, 15) is 4.79 Å². The van der Waals surface area contributed by atoms with Gasteiger partial charge in [-0.1, -0.05) is 42.5 Å². The molecular formula is C15H17NO. The molecule has 0 saturated carbocycles. The fraction of sp³-hybridized carbons (Fsp3) is 0.267. The van der Waals surface area contributed by atoms with Crippen molar-refractivity contribution >= 4 is 18.1 Å². The molecule has 0 heterocycles. The van der Waals surface area contributed by atoms with Crippen LogP contribution in [0.1, 0.15) is 30.0 Å². The number of carbonyl (C=O) groups excluding carboxylic acids is 1. The minimum absolute atomic E-state index is 0.0307. The summed E-state index contributed by atoms with van der Waals surface area (Å²) in [5.74, 6) is 0.0307. The zero-order valence-corrected chi connectivity index (χ0v) is 10.1. The van der Waals surface area contributed by atoms with Crippen molar-refractivity contribution in [3.63, 3.8) is 0 Å². The summed E-state index contributed by atoms with van der Waals surface area (Å²) in [5, 5.41) is 2.78. The second kappa shape index (κ2) is 5.48. The van der Waals surface area contributed by atoms with Gasteiger partial charge in [-0.25, -0.2) is 0 Å². The Labute approximate surface area is 102 Å². The molecule has 0 spiro atoms. The second-order valence-electron chi connectivity index (χ2n) is 4.20. The largest absolute Gasteiger partial charge is 0.356 e. The first-order valence-electron chi connectivity index (χ1n) is 5.97. The lowest BCUT2D eigenvalue weighted by molar-refractivity contribution is -0.118. The Morgan fingerprint density at radius 1 is 1.47 bits per heavy atom. The van der Waals surface area contributed by atoms with Crippen LogP contribution in [-0.4, -0.2) is 12.5 Å². The van der Waals surface area contributed by atoms with E-state index in [-0.39, 0.29) is 5.91 Å². The van der Waals surface area contributed by atoms with Crippen LogP contribution in [0.5, 0.6) is 0 Å². The molecule has 17 heavy (non-hydrogen) atoms. The summed E-state index contributed by atoms with van der Waals surface area (Å²) in [5.41, 5.74) is 4.02. The van der Waals surface area contributed by atoms with E-state index >= 15 is 0 Å². The number of rotatable bonds is 4. The first kappa shape index (κ1) is 11.6. The topological polar surface area (TPSA) is 29.1 Å². The Balaban J connectivity index is 1.93. The molecule has 0 fully saturated rings. The van der Waals surface area contributed by atoms with Crippen LogP contribution in [-0.2, 0) is 11.2 Å². The second-order valence-corrected chi connectivity index (χ2v) is 4.20. The van der Waals surface area contributed by atoms with Gasteiger partial charge in [0.1, 0.15) is 0 Å². The quantitative estimate of drug-likeness (QED) is 0.787. The smallest absolute Gasteiger partial charge is 0.216 e. The van der Waals surface area contributed by atoms with E-state index in [4.69, 9.17) is 0 Å². The number of hydrogen-bond donors (Lipinski definition) is 1. The number of fused-ring (bicyclic) bond motifs is 1. The van der Waals surface area contributed by atoms with Crippen molar-refractivity contribution < 1.29 is 4.79 Å². The highest BCUT2D eigenvalue weighted by molar-refractivity contribution is 5.72. The van der Waals surface area contributed by atoms with Crippen molar-refractivity contribution in [1.29, 1.82) is 0 Å². The average Bonchev–Trinajstić information content (AvgIpc) is 2.77. The Hall–Kier alpha value is -1.83. The molecule has 1 aromatic rings. The summed E-state index contributed by atoms with van der Waals surface area (Å²) >= 11 is 0. The number of benzene rings is 1. The predicted octanol–water partition coefficient (Wildman–Crippen LogP) is 2.80. The Morgan fingerprint density at radius 3 is 3.18 bits per heavy atom. The summed E-state index contributed by atoms with van der Waals surface area (Å²) in [6.07, 6.45) is 10.5. The van der Waals surface area contributed by atoms with Gasteiger partial charge >= 0.3 is 0 Å². The van der Waals surface area contributed by atoms with Crippen LogP contribution >= 0.6 is 0 Å². The van der Waals surface area contributed by atoms with Gasteiger partial charge in [-0.15, -0.1) is 0 Å². The summed E-state index contributed by atoms with van der Waals surface area (Å²) in [6.45, 7) is 2.25. The fourth-order valence-electron chi connectivity index (χ4n) is 2.02. The average molecular weight is 227 g/mol. The normalized spacial score (nSPS) is 13.0. The monoisotopic (exact) mass is 227 g/mol. The Kier molecular flexibility index (Phi) is 3.76. The molecule has 1 aromatic carbocycles. The van der Waals surface area contributed by atoms with Gasteiger partial charge in [0.25, 0.3) is 0 Å². The van der Waals surface area contributed by atoms with E-state index in [0.29, 0.717) is 6.54 Å². The van der Waals surface area contributed by atoms with E-state index in [0.717, 1.165) is 12.8 Å². The van der Waals surface area contributed by atoms with Gasteiger partial charge in [-0.2, -0.15) is 0 Å². The number of amides is 1. The lowest BCUT2D eigenvalue weighted by Crippen LogP contribution is -2.20. The molecule has 0 atom stereocenters. The third-order valence-electron chi connectivity index (χ3n) is 2.85. The standard InChI is InChI=1S/C15H17NO/c1-12(17)16-11-3-2-6-13-7-4-8-14-9-5-10-15(13)14/h2,4-9H,3,10-11H2,1H3,(H,16,17). The first-order chi connectivity index (χ1) is 8.27. The molecule has 0 aliphatic heterocycles. The molecule has 0 saturated heterocycles. The highest BCUT2D eigenvalue weighted by atomic mass is 16.1. The lowest BCUT2D eigenvalue weighted by Gasteiger charge is -2.03. The highest BCUT2D eigenvalue weighted by Crippen LogP contribution is 2.23. The van der Waals surface area contributed by atoms with Gasteiger partial charge in [0.15, 0.2) is 0 Å². The molecule has 0 bridgehead atoms. The summed E-state index contributed by atoms with van der Waals surface area (Å²) in [6, 6.07) is 6.37. The van der Waals surface area contributed by atoms with Crippen molar-refractivity contribution in [2.75, 3.05) is 6.54 Å². The van der Waals surface area contributed by atoms with Crippen LogP contribution < -0.4 is 5.32 Å². The maximum atomic E-state index is 10.7. The third kappa shape index (κ3) is 3.06. The molecule has 1 N–H and O–H groups in total. The van der Waals surface area contributed by atoms with Gasteiger partial charge < -0.3 is 5.32 Å². The van der Waals surface area contributed by atoms with E-state index in [1.165, 1.54) is 16.7 Å². The highest BCUT2D eigenvalue weighted by Gasteiger charge is 2.06. The van der Waals surface area contributed by atoms with E-state index in [2.05, 4.69) is 47.8 Å². The van der Waals surface area contributed by atoms with Crippen LogP contribution in [0.2, 0.25) is 0 Å². The first-order valence-corrected chi connectivity index (χ1v) is 5.97. The van der Waals surface area contributed by atoms with E-state index in [1.807, 2.05) is 0 Å². The van der Waals surface area contributed by atoms with Crippen molar-refractivity contribution in [3.05, 3.63) is 47.0 Å². The maximum Gasteiger partial charge on any atom is 0.216 e. The summed E-state index contributed by atoms with van der Waals surface area (Å²) in [4.78, 5) is 10.7. The molecule has 2 heteroatoms. The van der Waals surface area contributed by atoms with Crippen LogP contribution in [0.3, 0.4) is 0 Å². The SMILES string of the molecule is CC(=O)NCCC=Cc1cccc2c1CC=C2. The van der Waals surface area contributed by atoms with Crippen molar-refractivity contribution in [2.24, 2.45) is 0 Å². The predicted molar refractivity (Wildman–Crippen MR) is 71.5 cm³/mol. The van der Waals surface area contributed by atoms with Gasteiger partial charge in [-0.05, 0) is 29.5 Å².